The molecule has 2 aliphatic rings. The summed E-state index contributed by atoms with van der Waals surface area (Å²) < 4.78 is 33.6. The highest BCUT2D eigenvalue weighted by atomic mass is 16.7. The molecule has 2 heterocycles. The molecule has 0 aliphatic carbocycles. The molecule has 11 atom stereocenters. The van der Waals surface area contributed by atoms with Gasteiger partial charge in [-0.05, 0) is 64.2 Å². The third-order valence-electron chi connectivity index (χ3n) is 12.6. The minimum atomic E-state index is -1.77. The van der Waals surface area contributed by atoms with E-state index in [0.29, 0.717) is 12.8 Å². The fourth-order valence-electron chi connectivity index (χ4n) is 8.20. The summed E-state index contributed by atoms with van der Waals surface area (Å²) in [5.41, 5.74) is 0. The molecular weight excluding hydrogens is 877 g/mol. The molecule has 2 aliphatic heterocycles. The highest BCUT2D eigenvalue weighted by Crippen LogP contribution is 2.26. The van der Waals surface area contributed by atoms with E-state index >= 15 is 0 Å². The first kappa shape index (κ1) is 61.8. The van der Waals surface area contributed by atoms with Gasteiger partial charge in [0.25, 0.3) is 0 Å². The first-order chi connectivity index (χ1) is 33.0. The fourth-order valence-corrected chi connectivity index (χ4v) is 8.20. The van der Waals surface area contributed by atoms with Gasteiger partial charge in [0.05, 0.1) is 19.8 Å². The second-order valence-corrected chi connectivity index (χ2v) is 18.7. The van der Waals surface area contributed by atoms with Crippen molar-refractivity contribution in [2.75, 3.05) is 26.4 Å². The fraction of sp³-hybridized carbons (Fsp3) is 0.849. The number of hydrogen-bond donors (Lipinski definition) is 7. The van der Waals surface area contributed by atoms with Crippen LogP contribution >= 0.6 is 0 Å². The zero-order valence-corrected chi connectivity index (χ0v) is 41.8. The van der Waals surface area contributed by atoms with Crippen molar-refractivity contribution in [3.63, 3.8) is 0 Å². The molecule has 15 heteroatoms. The first-order valence-electron chi connectivity index (χ1n) is 26.6. The normalized spacial score (nSPS) is 26.0. The van der Waals surface area contributed by atoms with Crippen LogP contribution in [0.15, 0.2) is 36.5 Å². The summed E-state index contributed by atoms with van der Waals surface area (Å²) in [6, 6.07) is 0. The highest BCUT2D eigenvalue weighted by molar-refractivity contribution is 5.70. The van der Waals surface area contributed by atoms with Crippen molar-refractivity contribution >= 4 is 11.9 Å². The van der Waals surface area contributed by atoms with Crippen molar-refractivity contribution in [2.45, 2.75) is 261 Å². The van der Waals surface area contributed by atoms with Gasteiger partial charge in [-0.25, -0.2) is 0 Å². The number of aliphatic hydroxyl groups is 7. The van der Waals surface area contributed by atoms with E-state index in [1.807, 2.05) is 0 Å². The lowest BCUT2D eigenvalue weighted by atomic mass is 9.98. The molecule has 2 fully saturated rings. The molecule has 68 heavy (non-hydrogen) atoms. The van der Waals surface area contributed by atoms with Crippen LogP contribution in [0.1, 0.15) is 194 Å². The van der Waals surface area contributed by atoms with Crippen LogP contribution in [0, 0.1) is 0 Å². The van der Waals surface area contributed by atoms with Crippen LogP contribution in [0.2, 0.25) is 0 Å². The Kier molecular flexibility index (Phi) is 36.7. The van der Waals surface area contributed by atoms with Crippen LogP contribution in [0.25, 0.3) is 0 Å². The molecule has 0 aromatic heterocycles. The number of carbonyl (C=O) groups excluding carboxylic acids is 2. The van der Waals surface area contributed by atoms with E-state index in [4.69, 9.17) is 28.4 Å². The van der Waals surface area contributed by atoms with Gasteiger partial charge < -0.3 is 64.2 Å². The largest absolute Gasteiger partial charge is 0.462 e. The van der Waals surface area contributed by atoms with Crippen molar-refractivity contribution in [1.29, 1.82) is 0 Å². The number of hydrogen-bond acceptors (Lipinski definition) is 15. The Hall–Kier alpha value is -2.28. The minimum Gasteiger partial charge on any atom is -0.462 e. The molecule has 0 spiro atoms. The van der Waals surface area contributed by atoms with Gasteiger partial charge in [0, 0.05) is 12.8 Å². The van der Waals surface area contributed by atoms with E-state index in [1.54, 1.807) is 0 Å². The average Bonchev–Trinajstić information content (AvgIpc) is 3.33. The van der Waals surface area contributed by atoms with Gasteiger partial charge in [-0.15, -0.1) is 0 Å². The van der Waals surface area contributed by atoms with Crippen LogP contribution in [0.4, 0.5) is 0 Å². The van der Waals surface area contributed by atoms with E-state index < -0.39 is 92.7 Å². The van der Waals surface area contributed by atoms with Gasteiger partial charge in [0.1, 0.15) is 55.4 Å². The number of carbonyl (C=O) groups is 2. The lowest BCUT2D eigenvalue weighted by molar-refractivity contribution is -0.332. The predicted molar refractivity (Wildman–Crippen MR) is 261 cm³/mol. The van der Waals surface area contributed by atoms with Crippen LogP contribution < -0.4 is 0 Å². The number of unbranched alkanes of at least 4 members (excludes halogenated alkanes) is 22. The van der Waals surface area contributed by atoms with Crippen molar-refractivity contribution in [1.82, 2.24) is 0 Å². The van der Waals surface area contributed by atoms with Gasteiger partial charge >= 0.3 is 11.9 Å². The Morgan fingerprint density at radius 3 is 1.40 bits per heavy atom. The maximum absolute atomic E-state index is 13.0. The Labute approximate surface area is 408 Å². The van der Waals surface area contributed by atoms with E-state index in [2.05, 4.69) is 50.3 Å². The van der Waals surface area contributed by atoms with Crippen molar-refractivity contribution in [3.05, 3.63) is 36.5 Å². The molecule has 0 aromatic carbocycles. The number of aliphatic hydroxyl groups excluding tert-OH is 7. The summed E-state index contributed by atoms with van der Waals surface area (Å²) in [7, 11) is 0. The van der Waals surface area contributed by atoms with Gasteiger partial charge in [-0.3, -0.25) is 9.59 Å². The summed E-state index contributed by atoms with van der Waals surface area (Å²) in [5, 5.41) is 72.1. The monoisotopic (exact) mass is 971 g/mol. The maximum atomic E-state index is 13.0. The maximum Gasteiger partial charge on any atom is 0.306 e. The Balaban J connectivity index is 1.81. The number of ether oxygens (including phenoxy) is 6. The second-order valence-electron chi connectivity index (χ2n) is 18.7. The minimum absolute atomic E-state index is 0.157. The lowest BCUT2D eigenvalue weighted by Gasteiger charge is -2.42. The zero-order valence-electron chi connectivity index (χ0n) is 41.8. The van der Waals surface area contributed by atoms with E-state index in [0.717, 1.165) is 70.6 Å². The van der Waals surface area contributed by atoms with Gasteiger partial charge in [-0.1, -0.05) is 153 Å². The summed E-state index contributed by atoms with van der Waals surface area (Å²) in [6.07, 6.45) is 25.9. The Morgan fingerprint density at radius 1 is 0.471 bits per heavy atom. The van der Waals surface area contributed by atoms with Crippen molar-refractivity contribution < 1.29 is 73.8 Å². The van der Waals surface area contributed by atoms with Crippen molar-refractivity contribution in [3.8, 4) is 0 Å². The molecule has 0 bridgehead atoms. The smallest absolute Gasteiger partial charge is 0.306 e. The topological polar surface area (TPSA) is 231 Å². The van der Waals surface area contributed by atoms with E-state index in [9.17, 15) is 45.3 Å². The van der Waals surface area contributed by atoms with Crippen LogP contribution in [0.5, 0.6) is 0 Å². The molecule has 15 nitrogen and oxygen atoms in total. The van der Waals surface area contributed by atoms with Gasteiger partial charge in [0.15, 0.2) is 18.7 Å². The number of allylic oxidation sites excluding steroid dienone is 6. The van der Waals surface area contributed by atoms with Crippen LogP contribution in [-0.2, 0) is 38.0 Å². The molecule has 396 valence electrons. The summed E-state index contributed by atoms with van der Waals surface area (Å²) in [5.74, 6) is -0.945. The summed E-state index contributed by atoms with van der Waals surface area (Å²) in [6.45, 7) is 2.55. The molecule has 7 N–H and O–H groups in total. The summed E-state index contributed by atoms with van der Waals surface area (Å²) >= 11 is 0. The molecule has 0 saturated carbocycles. The zero-order chi connectivity index (χ0) is 49.6. The third kappa shape index (κ3) is 27.9. The Bertz CT molecular complexity index is 1330. The van der Waals surface area contributed by atoms with Gasteiger partial charge in [0.2, 0.25) is 0 Å². The van der Waals surface area contributed by atoms with E-state index in [1.165, 1.54) is 83.5 Å². The first-order valence-corrected chi connectivity index (χ1v) is 26.6. The van der Waals surface area contributed by atoms with Gasteiger partial charge in [-0.2, -0.15) is 0 Å². The molecule has 0 radical (unpaired) electrons. The van der Waals surface area contributed by atoms with Crippen LogP contribution in [0.3, 0.4) is 0 Å². The molecule has 2 saturated heterocycles. The molecule has 4 unspecified atom stereocenters. The number of esters is 2. The average molecular weight is 971 g/mol. The van der Waals surface area contributed by atoms with E-state index in [-0.39, 0.29) is 26.1 Å². The second kappa shape index (κ2) is 40.3. The molecule has 0 amide bonds. The standard InChI is InChI=1S/C53H94O15/c1-3-5-7-9-11-13-15-17-19-20-22-24-26-28-30-32-34-36-45(56)66-41(38-63-44(55)35-33-31-29-27-25-23-21-18-16-14-12-10-8-6-4-2)39-64-52-51(62)49(60)47(58)43(68-52)40-65-53-50(61)48(59)46(57)42(37-54)67-53/h14,16-19,21,41-43,46-54,57-62H,3-13,15,20,22-40H2,1-2H3/b16-14+,19-17+,21-18+/t41-,42+,43+,46-,47-,48?,49?,50?,51?,52+,53+/m1/s1. The number of rotatable bonds is 41. The van der Waals surface area contributed by atoms with Crippen LogP contribution in [-0.4, -0.2) is 142 Å². The predicted octanol–water partition coefficient (Wildman–Crippen LogP) is 7.71. The summed E-state index contributed by atoms with van der Waals surface area (Å²) in [4.78, 5) is 25.8. The van der Waals surface area contributed by atoms with Crippen molar-refractivity contribution in [2.24, 2.45) is 0 Å². The molecule has 0 aromatic rings. The third-order valence-corrected chi connectivity index (χ3v) is 12.6. The quantitative estimate of drug-likeness (QED) is 0.0135. The molecule has 2 rings (SSSR count). The SMILES string of the molecule is CCCCCC/C=C/C=C/CCCCCCCC(=O)OC[C@H](CO[C@H]1O[C@@H](CO[C@H]2O[C@@H](CO)[C@@H](O)C(O)C2O)[C@@H](O)C(O)C1O)OC(=O)CCCCCCCCC/C=C/CCCCCCCC. The highest BCUT2D eigenvalue weighted by Gasteiger charge is 2.47. The Morgan fingerprint density at radius 2 is 0.882 bits per heavy atom. The molecular formula is C53H94O15. The lowest BCUT2D eigenvalue weighted by Crippen LogP contribution is -2.61.